The average Bonchev–Trinajstić information content (AvgIpc) is 2.27. The first-order valence-corrected chi connectivity index (χ1v) is 6.09. The third-order valence-electron chi connectivity index (χ3n) is 2.15. The molecule has 0 saturated heterocycles. The molecule has 0 aromatic carbocycles. The van der Waals surface area contributed by atoms with Crippen molar-refractivity contribution in [2.75, 3.05) is 5.75 Å². The fraction of sp³-hybridized carbons (Fsp3) is 0.455. The highest BCUT2D eigenvalue weighted by atomic mass is 32.2. The molecule has 0 spiro atoms. The van der Waals surface area contributed by atoms with Crippen LogP contribution in [0.15, 0.2) is 18.5 Å². The molecule has 2 unspecified atom stereocenters. The smallest absolute Gasteiger partial charge is 0.185 e. The van der Waals surface area contributed by atoms with Gasteiger partial charge < -0.3 is 10.2 Å². The fourth-order valence-corrected chi connectivity index (χ4v) is 1.94. The minimum absolute atomic E-state index is 0.0425. The van der Waals surface area contributed by atoms with Crippen LogP contribution in [0.25, 0.3) is 0 Å². The van der Waals surface area contributed by atoms with E-state index >= 15 is 0 Å². The normalized spacial score (nSPS) is 14.4. The van der Waals surface area contributed by atoms with E-state index in [-0.39, 0.29) is 17.1 Å². The van der Waals surface area contributed by atoms with Crippen molar-refractivity contribution in [3.8, 4) is 0 Å². The number of halogens is 1. The number of hydrogen-bond donors (Lipinski definition) is 2. The van der Waals surface area contributed by atoms with E-state index in [2.05, 4.69) is 4.98 Å². The number of pyridine rings is 1. The van der Waals surface area contributed by atoms with E-state index in [9.17, 15) is 19.4 Å². The first-order valence-electron chi connectivity index (χ1n) is 5.10. The first kappa shape index (κ1) is 14.1. The first-order chi connectivity index (χ1) is 8.00. The third kappa shape index (κ3) is 4.80. The second kappa shape index (κ2) is 6.68. The molecule has 1 aromatic rings. The van der Waals surface area contributed by atoms with Gasteiger partial charge >= 0.3 is 0 Å². The van der Waals surface area contributed by atoms with Gasteiger partial charge in [-0.25, -0.2) is 4.39 Å². The summed E-state index contributed by atoms with van der Waals surface area (Å²) >= 11 is 1.08. The van der Waals surface area contributed by atoms with Crippen molar-refractivity contribution in [1.29, 1.82) is 0 Å². The van der Waals surface area contributed by atoms with Crippen molar-refractivity contribution in [1.82, 2.24) is 4.98 Å². The summed E-state index contributed by atoms with van der Waals surface area (Å²) in [5.74, 6) is -0.150. The summed E-state index contributed by atoms with van der Waals surface area (Å²) in [7, 11) is 0. The lowest BCUT2D eigenvalue weighted by Gasteiger charge is -2.17. The molecule has 2 atom stereocenters. The topological polar surface area (TPSA) is 70.4 Å². The minimum Gasteiger partial charge on any atom is -0.390 e. The van der Waals surface area contributed by atoms with Gasteiger partial charge in [-0.3, -0.25) is 9.78 Å². The number of rotatable bonds is 5. The molecular weight excluding hydrogens is 245 g/mol. The van der Waals surface area contributed by atoms with Crippen LogP contribution in [0.2, 0.25) is 0 Å². The molecule has 0 saturated carbocycles. The van der Waals surface area contributed by atoms with Gasteiger partial charge in [-0.1, -0.05) is 11.8 Å². The van der Waals surface area contributed by atoms with Gasteiger partial charge in [0, 0.05) is 24.4 Å². The van der Waals surface area contributed by atoms with Crippen LogP contribution in [-0.2, 0) is 4.79 Å². The summed E-state index contributed by atoms with van der Waals surface area (Å²) in [4.78, 5) is 14.3. The van der Waals surface area contributed by atoms with E-state index in [0.29, 0.717) is 5.75 Å². The Kier molecular flexibility index (Phi) is 5.54. The molecule has 1 aromatic heterocycles. The van der Waals surface area contributed by atoms with Crippen molar-refractivity contribution < 1.29 is 19.4 Å². The zero-order valence-electron chi connectivity index (χ0n) is 9.34. The number of aliphatic hydroxyl groups is 2. The Morgan fingerprint density at radius 1 is 1.53 bits per heavy atom. The molecule has 6 heteroatoms. The van der Waals surface area contributed by atoms with Crippen molar-refractivity contribution in [2.24, 2.45) is 0 Å². The molecule has 4 nitrogen and oxygen atoms in total. The van der Waals surface area contributed by atoms with E-state index in [1.807, 2.05) is 0 Å². The third-order valence-corrected chi connectivity index (χ3v) is 3.00. The molecule has 0 aliphatic rings. The van der Waals surface area contributed by atoms with Crippen LogP contribution in [0, 0.1) is 5.82 Å². The molecular formula is C11H14FNO3S. The Balaban J connectivity index is 2.51. The molecule has 2 N–H and O–H groups in total. The quantitative estimate of drug-likeness (QED) is 0.833. The second-order valence-corrected chi connectivity index (χ2v) is 4.85. The van der Waals surface area contributed by atoms with Crippen molar-refractivity contribution in [2.45, 2.75) is 25.6 Å². The van der Waals surface area contributed by atoms with Gasteiger partial charge in [0.15, 0.2) is 5.12 Å². The monoisotopic (exact) mass is 259 g/mol. The number of aliphatic hydroxyl groups excluding tert-OH is 2. The highest BCUT2D eigenvalue weighted by Crippen LogP contribution is 2.20. The number of hydrogen-bond acceptors (Lipinski definition) is 5. The predicted molar refractivity (Wildman–Crippen MR) is 62.9 cm³/mol. The Labute approximate surface area is 103 Å². The summed E-state index contributed by atoms with van der Waals surface area (Å²) in [6, 6.07) is 1.12. The van der Waals surface area contributed by atoms with Gasteiger partial charge in [0.05, 0.1) is 12.3 Å². The lowest BCUT2D eigenvalue weighted by Crippen LogP contribution is -2.19. The molecule has 0 amide bonds. The maximum atomic E-state index is 12.8. The minimum atomic E-state index is -1.19. The van der Waals surface area contributed by atoms with E-state index in [4.69, 9.17) is 0 Å². The number of aromatic nitrogens is 1. The Hall–Kier alpha value is -0.980. The molecule has 17 heavy (non-hydrogen) atoms. The Morgan fingerprint density at radius 2 is 2.24 bits per heavy atom. The molecule has 0 aliphatic carbocycles. The molecule has 1 heterocycles. The maximum absolute atomic E-state index is 12.8. The number of thioether (sulfide) groups is 1. The molecule has 0 aliphatic heterocycles. The molecule has 0 radical (unpaired) electrons. The maximum Gasteiger partial charge on any atom is 0.185 e. The SMILES string of the molecule is CC(=O)SCCC(O)C(O)c1cncc(F)c1. The number of carbonyl (C=O) groups is 1. The average molecular weight is 259 g/mol. The molecule has 0 bridgehead atoms. The molecule has 0 fully saturated rings. The number of carbonyl (C=O) groups excluding carboxylic acids is 1. The van der Waals surface area contributed by atoms with Gasteiger partial charge in [0.1, 0.15) is 11.9 Å². The zero-order chi connectivity index (χ0) is 12.8. The summed E-state index contributed by atoms with van der Waals surface area (Å²) in [5.41, 5.74) is 0.227. The number of nitrogens with zero attached hydrogens (tertiary/aromatic N) is 1. The van der Waals surface area contributed by atoms with Crippen LogP contribution in [0.3, 0.4) is 0 Å². The van der Waals surface area contributed by atoms with Crippen LogP contribution < -0.4 is 0 Å². The van der Waals surface area contributed by atoms with Crippen LogP contribution in [-0.4, -0.2) is 32.2 Å². The van der Waals surface area contributed by atoms with E-state index in [0.717, 1.165) is 24.0 Å². The van der Waals surface area contributed by atoms with Gasteiger partial charge in [-0.2, -0.15) is 0 Å². The Morgan fingerprint density at radius 3 is 2.82 bits per heavy atom. The van der Waals surface area contributed by atoms with E-state index in [1.165, 1.54) is 13.1 Å². The van der Waals surface area contributed by atoms with Crippen molar-refractivity contribution >= 4 is 16.9 Å². The van der Waals surface area contributed by atoms with E-state index in [1.54, 1.807) is 0 Å². The van der Waals surface area contributed by atoms with Gasteiger partial charge in [0.25, 0.3) is 0 Å². The van der Waals surface area contributed by atoms with Crippen LogP contribution in [0.1, 0.15) is 25.0 Å². The fourth-order valence-electron chi connectivity index (χ4n) is 1.29. The zero-order valence-corrected chi connectivity index (χ0v) is 10.2. The summed E-state index contributed by atoms with van der Waals surface area (Å²) in [6.07, 6.45) is 0.349. The van der Waals surface area contributed by atoms with Gasteiger partial charge in [-0.05, 0) is 12.5 Å². The molecule has 94 valence electrons. The summed E-state index contributed by atoms with van der Waals surface area (Å²) < 4.78 is 12.8. The van der Waals surface area contributed by atoms with Crippen LogP contribution in [0.5, 0.6) is 0 Å². The van der Waals surface area contributed by atoms with Crippen LogP contribution in [0.4, 0.5) is 4.39 Å². The van der Waals surface area contributed by atoms with Gasteiger partial charge in [0.2, 0.25) is 0 Å². The highest BCUT2D eigenvalue weighted by Gasteiger charge is 2.19. The second-order valence-electron chi connectivity index (χ2n) is 3.58. The summed E-state index contributed by atoms with van der Waals surface area (Å²) in [6.45, 7) is 1.43. The standard InChI is InChI=1S/C11H14FNO3S/c1-7(14)17-3-2-10(15)11(16)8-4-9(12)6-13-5-8/h4-6,10-11,15-16H,2-3H2,1H3. The summed E-state index contributed by atoms with van der Waals surface area (Å²) in [5, 5.41) is 19.3. The lowest BCUT2D eigenvalue weighted by molar-refractivity contribution is -0.109. The van der Waals surface area contributed by atoms with Crippen molar-refractivity contribution in [3.05, 3.63) is 29.8 Å². The van der Waals surface area contributed by atoms with Crippen LogP contribution >= 0.6 is 11.8 Å². The molecule has 1 rings (SSSR count). The lowest BCUT2D eigenvalue weighted by atomic mass is 10.0. The predicted octanol–water partition coefficient (Wildman–Crippen LogP) is 1.28. The van der Waals surface area contributed by atoms with Gasteiger partial charge in [-0.15, -0.1) is 0 Å². The highest BCUT2D eigenvalue weighted by molar-refractivity contribution is 8.13. The van der Waals surface area contributed by atoms with Crippen molar-refractivity contribution in [3.63, 3.8) is 0 Å². The van der Waals surface area contributed by atoms with E-state index < -0.39 is 18.0 Å². The Bertz CT molecular complexity index is 389. The largest absolute Gasteiger partial charge is 0.390 e.